The van der Waals surface area contributed by atoms with Gasteiger partial charge in [0, 0.05) is 28.0 Å². The molecule has 0 atom stereocenters. The van der Waals surface area contributed by atoms with E-state index in [2.05, 4.69) is 51.0 Å². The molecule has 0 aliphatic heterocycles. The van der Waals surface area contributed by atoms with Crippen LogP contribution in [0.2, 0.25) is 0 Å². The van der Waals surface area contributed by atoms with Gasteiger partial charge in [-0.25, -0.2) is 0 Å². The number of thiophene rings is 1. The van der Waals surface area contributed by atoms with Crippen molar-refractivity contribution in [2.45, 2.75) is 6.92 Å². The largest absolute Gasteiger partial charge is 0.457 e. The van der Waals surface area contributed by atoms with Crippen LogP contribution < -0.4 is 10.1 Å². The lowest BCUT2D eigenvalue weighted by Crippen LogP contribution is -1.98. The third kappa shape index (κ3) is 3.84. The third-order valence-corrected chi connectivity index (χ3v) is 6.66. The normalized spacial score (nSPS) is 11.1. The zero-order valence-electron chi connectivity index (χ0n) is 18.4. The predicted molar refractivity (Wildman–Crippen MR) is 139 cm³/mol. The smallest absolute Gasteiger partial charge is 0.161 e. The molecule has 0 saturated heterocycles. The maximum absolute atomic E-state index is 6.14. The number of nitrogens with zero attached hydrogens (tertiary/aromatic N) is 3. The minimum Gasteiger partial charge on any atom is -0.457 e. The molecular formula is C28H20N4OS. The van der Waals surface area contributed by atoms with Crippen molar-refractivity contribution in [3.05, 3.63) is 102 Å². The lowest BCUT2D eigenvalue weighted by atomic mass is 10.1. The van der Waals surface area contributed by atoms with Crippen LogP contribution in [-0.4, -0.2) is 15.2 Å². The Morgan fingerprint density at radius 2 is 1.56 bits per heavy atom. The minimum atomic E-state index is 0.724. The van der Waals surface area contributed by atoms with Crippen molar-refractivity contribution in [3.63, 3.8) is 0 Å². The SMILES string of the molecule is Cc1csc(-c2nnc(Nc3ccc(Oc4ccnc5ccccc45)cc3)c3ccccc23)c1. The van der Waals surface area contributed by atoms with Gasteiger partial charge in [0.25, 0.3) is 0 Å². The molecule has 6 heteroatoms. The summed E-state index contributed by atoms with van der Waals surface area (Å²) in [6.45, 7) is 2.09. The Morgan fingerprint density at radius 1 is 0.794 bits per heavy atom. The van der Waals surface area contributed by atoms with Gasteiger partial charge in [0.15, 0.2) is 5.82 Å². The van der Waals surface area contributed by atoms with Gasteiger partial charge in [0.05, 0.1) is 10.4 Å². The molecule has 6 aromatic rings. The zero-order chi connectivity index (χ0) is 22.9. The highest BCUT2D eigenvalue weighted by Crippen LogP contribution is 2.34. The van der Waals surface area contributed by atoms with Gasteiger partial charge < -0.3 is 10.1 Å². The number of aromatic nitrogens is 3. The van der Waals surface area contributed by atoms with Gasteiger partial charge in [-0.15, -0.1) is 21.5 Å². The molecule has 3 aromatic heterocycles. The van der Waals surface area contributed by atoms with E-state index in [0.29, 0.717) is 0 Å². The molecule has 0 saturated carbocycles. The van der Waals surface area contributed by atoms with Crippen molar-refractivity contribution in [1.82, 2.24) is 15.2 Å². The van der Waals surface area contributed by atoms with E-state index >= 15 is 0 Å². The summed E-state index contributed by atoms with van der Waals surface area (Å²) in [6, 6.07) is 28.0. The number of nitrogens with one attached hydrogen (secondary N) is 1. The molecule has 0 spiro atoms. The summed E-state index contributed by atoms with van der Waals surface area (Å²) < 4.78 is 6.14. The summed E-state index contributed by atoms with van der Waals surface area (Å²) in [5.41, 5.74) is 3.96. The van der Waals surface area contributed by atoms with Crippen LogP contribution in [-0.2, 0) is 0 Å². The Hall–Kier alpha value is -4.29. The van der Waals surface area contributed by atoms with Crippen LogP contribution in [0.1, 0.15) is 5.56 Å². The van der Waals surface area contributed by atoms with Crippen LogP contribution in [0, 0.1) is 6.92 Å². The summed E-state index contributed by atoms with van der Waals surface area (Å²) in [6.07, 6.45) is 1.76. The van der Waals surface area contributed by atoms with Gasteiger partial charge >= 0.3 is 0 Å². The average molecular weight is 461 g/mol. The first-order valence-electron chi connectivity index (χ1n) is 10.9. The molecule has 0 fully saturated rings. The molecule has 34 heavy (non-hydrogen) atoms. The first-order chi connectivity index (χ1) is 16.7. The molecule has 0 amide bonds. The second-order valence-corrected chi connectivity index (χ2v) is 8.92. The number of hydrogen-bond acceptors (Lipinski definition) is 6. The molecule has 0 aliphatic rings. The third-order valence-electron chi connectivity index (χ3n) is 5.61. The Morgan fingerprint density at radius 3 is 2.35 bits per heavy atom. The topological polar surface area (TPSA) is 59.9 Å². The molecule has 3 aromatic carbocycles. The highest BCUT2D eigenvalue weighted by atomic mass is 32.1. The molecule has 1 N–H and O–H groups in total. The van der Waals surface area contributed by atoms with Crippen LogP contribution in [0.15, 0.2) is 96.5 Å². The second-order valence-electron chi connectivity index (χ2n) is 8.01. The van der Waals surface area contributed by atoms with E-state index in [1.54, 1.807) is 17.5 Å². The lowest BCUT2D eigenvalue weighted by molar-refractivity contribution is 0.488. The molecule has 0 radical (unpaired) electrons. The first-order valence-corrected chi connectivity index (χ1v) is 11.8. The van der Waals surface area contributed by atoms with Gasteiger partial charge in [-0.05, 0) is 66.4 Å². The summed E-state index contributed by atoms with van der Waals surface area (Å²) in [7, 11) is 0. The fourth-order valence-corrected chi connectivity index (χ4v) is 4.86. The van der Waals surface area contributed by atoms with Gasteiger partial charge in [-0.2, -0.15) is 0 Å². The molecular weight excluding hydrogens is 440 g/mol. The molecule has 0 unspecified atom stereocenters. The van der Waals surface area contributed by atoms with Crippen molar-refractivity contribution in [3.8, 4) is 22.1 Å². The van der Waals surface area contributed by atoms with Gasteiger partial charge in [-0.1, -0.05) is 36.4 Å². The maximum Gasteiger partial charge on any atom is 0.161 e. The number of fused-ring (bicyclic) bond motifs is 2. The number of aryl methyl sites for hydroxylation is 1. The second kappa shape index (κ2) is 8.57. The molecule has 5 nitrogen and oxygen atoms in total. The van der Waals surface area contributed by atoms with Crippen molar-refractivity contribution >= 4 is 44.5 Å². The highest BCUT2D eigenvalue weighted by molar-refractivity contribution is 7.13. The van der Waals surface area contributed by atoms with E-state index in [-0.39, 0.29) is 0 Å². The molecule has 3 heterocycles. The molecule has 0 bridgehead atoms. The number of benzene rings is 3. The summed E-state index contributed by atoms with van der Waals surface area (Å²) >= 11 is 1.69. The van der Waals surface area contributed by atoms with E-state index in [1.165, 1.54) is 5.56 Å². The fourth-order valence-electron chi connectivity index (χ4n) is 3.96. The zero-order valence-corrected chi connectivity index (χ0v) is 19.2. The summed E-state index contributed by atoms with van der Waals surface area (Å²) in [5.74, 6) is 2.25. The number of hydrogen-bond donors (Lipinski definition) is 1. The standard InChI is InChI=1S/C28H20N4OS/c1-18-16-26(34-17-18)27-21-6-2-3-7-22(21)28(32-31-27)30-19-10-12-20(13-11-19)33-25-14-15-29-24-9-5-4-8-23(24)25/h2-17H,1H3,(H,30,32). The minimum absolute atomic E-state index is 0.724. The van der Waals surface area contributed by atoms with Gasteiger partial charge in [-0.3, -0.25) is 4.98 Å². The van der Waals surface area contributed by atoms with E-state index in [4.69, 9.17) is 4.74 Å². The van der Waals surface area contributed by atoms with Crippen LogP contribution in [0.5, 0.6) is 11.5 Å². The Labute approximate surface area is 200 Å². The number of rotatable bonds is 5. The maximum atomic E-state index is 6.14. The van der Waals surface area contributed by atoms with E-state index in [9.17, 15) is 0 Å². The first kappa shape index (κ1) is 20.3. The lowest BCUT2D eigenvalue weighted by Gasteiger charge is -2.12. The fraction of sp³-hybridized carbons (Fsp3) is 0.0357. The number of pyridine rings is 1. The predicted octanol–water partition coefficient (Wildman–Crippen LogP) is 7.75. The Kier molecular flexibility index (Phi) is 5.13. The summed E-state index contributed by atoms with van der Waals surface area (Å²) in [5, 5.41) is 17.7. The van der Waals surface area contributed by atoms with Crippen LogP contribution >= 0.6 is 11.3 Å². The van der Waals surface area contributed by atoms with Crippen LogP contribution in [0.25, 0.3) is 32.2 Å². The number of para-hydroxylation sites is 1. The highest BCUT2D eigenvalue weighted by Gasteiger charge is 2.12. The average Bonchev–Trinajstić information content (AvgIpc) is 3.31. The molecule has 164 valence electrons. The van der Waals surface area contributed by atoms with Crippen molar-refractivity contribution < 1.29 is 4.74 Å². The van der Waals surface area contributed by atoms with Crippen LogP contribution in [0.4, 0.5) is 11.5 Å². The Bertz CT molecular complexity index is 1620. The van der Waals surface area contributed by atoms with E-state index in [1.807, 2.05) is 66.7 Å². The number of anilines is 2. The molecule has 6 rings (SSSR count). The van der Waals surface area contributed by atoms with Crippen molar-refractivity contribution in [2.75, 3.05) is 5.32 Å². The van der Waals surface area contributed by atoms with E-state index in [0.717, 1.165) is 55.3 Å². The number of ether oxygens (including phenoxy) is 1. The molecule has 0 aliphatic carbocycles. The van der Waals surface area contributed by atoms with E-state index < -0.39 is 0 Å². The van der Waals surface area contributed by atoms with Crippen LogP contribution in [0.3, 0.4) is 0 Å². The van der Waals surface area contributed by atoms with Gasteiger partial charge in [0.1, 0.15) is 17.2 Å². The Balaban J connectivity index is 1.28. The van der Waals surface area contributed by atoms with Crippen molar-refractivity contribution in [2.24, 2.45) is 0 Å². The quantitative estimate of drug-likeness (QED) is 0.285. The van der Waals surface area contributed by atoms with Gasteiger partial charge in [0.2, 0.25) is 0 Å². The summed E-state index contributed by atoms with van der Waals surface area (Å²) in [4.78, 5) is 5.52. The van der Waals surface area contributed by atoms with Crippen molar-refractivity contribution in [1.29, 1.82) is 0 Å². The monoisotopic (exact) mass is 460 g/mol.